The molecule has 6 heteroatoms. The standard InChI is InChI=1S/C14H11ClN2O3/c1-9-2-7-12(13(15)8-9)14(18)16-10-3-5-11(6-4-10)17(19)20/h2-8H,1H3,(H,16,18). The van der Waals surface area contributed by atoms with E-state index in [4.69, 9.17) is 11.6 Å². The van der Waals surface area contributed by atoms with Gasteiger partial charge in [0.25, 0.3) is 11.6 Å². The largest absolute Gasteiger partial charge is 0.322 e. The summed E-state index contributed by atoms with van der Waals surface area (Å²) in [5, 5.41) is 13.5. The fraction of sp³-hybridized carbons (Fsp3) is 0.0714. The third kappa shape index (κ3) is 3.13. The van der Waals surface area contributed by atoms with E-state index in [1.165, 1.54) is 24.3 Å². The number of benzene rings is 2. The van der Waals surface area contributed by atoms with Gasteiger partial charge in [0.15, 0.2) is 0 Å². The van der Waals surface area contributed by atoms with Crippen molar-refractivity contribution in [3.63, 3.8) is 0 Å². The molecule has 0 atom stereocenters. The van der Waals surface area contributed by atoms with Gasteiger partial charge in [-0.15, -0.1) is 0 Å². The Kier molecular flexibility index (Phi) is 4.00. The highest BCUT2D eigenvalue weighted by molar-refractivity contribution is 6.34. The van der Waals surface area contributed by atoms with Gasteiger partial charge in [-0.25, -0.2) is 0 Å². The average molecular weight is 291 g/mol. The summed E-state index contributed by atoms with van der Waals surface area (Å²) in [6.07, 6.45) is 0. The molecule has 0 aliphatic carbocycles. The van der Waals surface area contributed by atoms with Crippen molar-refractivity contribution < 1.29 is 9.72 Å². The monoisotopic (exact) mass is 290 g/mol. The van der Waals surface area contributed by atoms with Crippen molar-refractivity contribution in [1.29, 1.82) is 0 Å². The first kappa shape index (κ1) is 14.0. The zero-order valence-corrected chi connectivity index (χ0v) is 11.3. The second kappa shape index (κ2) is 5.71. The maximum Gasteiger partial charge on any atom is 0.269 e. The number of carbonyl (C=O) groups excluding carboxylic acids is 1. The van der Waals surface area contributed by atoms with Gasteiger partial charge in [0.1, 0.15) is 0 Å². The van der Waals surface area contributed by atoms with Crippen LogP contribution >= 0.6 is 11.6 Å². The number of halogens is 1. The van der Waals surface area contributed by atoms with Gasteiger partial charge < -0.3 is 5.32 Å². The van der Waals surface area contributed by atoms with Gasteiger partial charge in [-0.05, 0) is 36.8 Å². The Labute approximate surface area is 120 Å². The molecule has 0 fully saturated rings. The van der Waals surface area contributed by atoms with E-state index in [1.54, 1.807) is 18.2 Å². The Balaban J connectivity index is 2.17. The number of carbonyl (C=O) groups is 1. The summed E-state index contributed by atoms with van der Waals surface area (Å²) in [5.74, 6) is -0.358. The molecule has 5 nitrogen and oxygen atoms in total. The van der Waals surface area contributed by atoms with Crippen LogP contribution < -0.4 is 5.32 Å². The Morgan fingerprint density at radius 1 is 1.20 bits per heavy atom. The maximum atomic E-state index is 12.0. The number of nitrogens with zero attached hydrogens (tertiary/aromatic N) is 1. The van der Waals surface area contributed by atoms with Crippen LogP contribution in [0.4, 0.5) is 11.4 Å². The minimum absolute atomic E-state index is 0.0311. The number of nitrogens with one attached hydrogen (secondary N) is 1. The predicted molar refractivity (Wildman–Crippen MR) is 77.2 cm³/mol. The van der Waals surface area contributed by atoms with E-state index in [2.05, 4.69) is 5.32 Å². The van der Waals surface area contributed by atoms with Crippen LogP contribution in [0, 0.1) is 17.0 Å². The molecule has 0 saturated heterocycles. The second-order valence-electron chi connectivity index (χ2n) is 4.24. The summed E-state index contributed by atoms with van der Waals surface area (Å²) in [6.45, 7) is 1.88. The number of rotatable bonds is 3. The van der Waals surface area contributed by atoms with Crippen molar-refractivity contribution in [2.45, 2.75) is 6.92 Å². The summed E-state index contributed by atoms with van der Waals surface area (Å²) in [6, 6.07) is 10.7. The van der Waals surface area contributed by atoms with Crippen molar-refractivity contribution >= 4 is 28.9 Å². The zero-order valence-electron chi connectivity index (χ0n) is 10.6. The molecule has 0 saturated carbocycles. The van der Waals surface area contributed by atoms with Gasteiger partial charge in [-0.3, -0.25) is 14.9 Å². The zero-order chi connectivity index (χ0) is 14.7. The Bertz CT molecular complexity index is 669. The molecule has 1 N–H and O–H groups in total. The second-order valence-corrected chi connectivity index (χ2v) is 4.65. The summed E-state index contributed by atoms with van der Waals surface area (Å²) >= 11 is 6.01. The minimum Gasteiger partial charge on any atom is -0.322 e. The number of amides is 1. The molecule has 102 valence electrons. The molecule has 0 radical (unpaired) electrons. The number of anilines is 1. The minimum atomic E-state index is -0.498. The Morgan fingerprint density at radius 3 is 2.40 bits per heavy atom. The molecular formula is C14H11ClN2O3. The van der Waals surface area contributed by atoms with Crippen LogP contribution in [0.2, 0.25) is 5.02 Å². The first-order valence-electron chi connectivity index (χ1n) is 5.79. The van der Waals surface area contributed by atoms with Crippen LogP contribution in [0.25, 0.3) is 0 Å². The fourth-order valence-corrected chi connectivity index (χ4v) is 1.99. The van der Waals surface area contributed by atoms with Gasteiger partial charge in [-0.1, -0.05) is 17.7 Å². The SMILES string of the molecule is Cc1ccc(C(=O)Nc2ccc([N+](=O)[O-])cc2)c(Cl)c1. The van der Waals surface area contributed by atoms with Crippen molar-refractivity contribution in [2.24, 2.45) is 0 Å². The predicted octanol–water partition coefficient (Wildman–Crippen LogP) is 3.81. The van der Waals surface area contributed by atoms with E-state index in [9.17, 15) is 14.9 Å². The van der Waals surface area contributed by atoms with Crippen molar-refractivity contribution in [3.8, 4) is 0 Å². The highest BCUT2D eigenvalue weighted by Crippen LogP contribution is 2.20. The summed E-state index contributed by atoms with van der Waals surface area (Å²) in [7, 11) is 0. The number of hydrogen-bond donors (Lipinski definition) is 1. The van der Waals surface area contributed by atoms with E-state index in [1.807, 2.05) is 6.92 Å². The molecule has 2 aromatic carbocycles. The maximum absolute atomic E-state index is 12.0. The number of hydrogen-bond acceptors (Lipinski definition) is 3. The van der Waals surface area contributed by atoms with Gasteiger partial charge in [0.05, 0.1) is 15.5 Å². The molecule has 2 aromatic rings. The van der Waals surface area contributed by atoms with Crippen LogP contribution in [-0.4, -0.2) is 10.8 Å². The number of nitro benzene ring substituents is 1. The lowest BCUT2D eigenvalue weighted by Crippen LogP contribution is -2.12. The molecule has 0 unspecified atom stereocenters. The molecule has 0 aliphatic rings. The lowest BCUT2D eigenvalue weighted by atomic mass is 10.1. The number of aryl methyl sites for hydroxylation is 1. The highest BCUT2D eigenvalue weighted by Gasteiger charge is 2.11. The van der Waals surface area contributed by atoms with E-state index in [-0.39, 0.29) is 11.6 Å². The van der Waals surface area contributed by atoms with E-state index < -0.39 is 4.92 Å². The molecular weight excluding hydrogens is 280 g/mol. The molecule has 2 rings (SSSR count). The molecule has 0 bridgehead atoms. The van der Waals surface area contributed by atoms with Crippen LogP contribution in [0.15, 0.2) is 42.5 Å². The fourth-order valence-electron chi connectivity index (χ4n) is 1.67. The average Bonchev–Trinajstić information content (AvgIpc) is 2.39. The van der Waals surface area contributed by atoms with Crippen molar-refractivity contribution in [1.82, 2.24) is 0 Å². The topological polar surface area (TPSA) is 72.2 Å². The van der Waals surface area contributed by atoms with Crippen molar-refractivity contribution in [3.05, 3.63) is 68.7 Å². The number of nitro groups is 1. The quantitative estimate of drug-likeness (QED) is 0.690. The van der Waals surface area contributed by atoms with Crippen LogP contribution in [0.3, 0.4) is 0 Å². The summed E-state index contributed by atoms with van der Waals surface area (Å²) in [5.41, 5.74) is 1.76. The van der Waals surface area contributed by atoms with Gasteiger partial charge in [0, 0.05) is 17.8 Å². The highest BCUT2D eigenvalue weighted by atomic mass is 35.5. The van der Waals surface area contributed by atoms with Gasteiger partial charge >= 0.3 is 0 Å². The lowest BCUT2D eigenvalue weighted by molar-refractivity contribution is -0.384. The molecule has 0 aromatic heterocycles. The molecule has 0 spiro atoms. The molecule has 0 aliphatic heterocycles. The number of non-ortho nitro benzene ring substituents is 1. The normalized spacial score (nSPS) is 10.1. The summed E-state index contributed by atoms with van der Waals surface area (Å²) in [4.78, 5) is 22.1. The van der Waals surface area contributed by atoms with Crippen LogP contribution in [0.1, 0.15) is 15.9 Å². The van der Waals surface area contributed by atoms with E-state index in [0.29, 0.717) is 16.3 Å². The van der Waals surface area contributed by atoms with Crippen LogP contribution in [-0.2, 0) is 0 Å². The third-order valence-electron chi connectivity index (χ3n) is 2.71. The third-order valence-corrected chi connectivity index (χ3v) is 3.02. The Hall–Kier alpha value is -2.40. The van der Waals surface area contributed by atoms with Gasteiger partial charge in [0.2, 0.25) is 0 Å². The Morgan fingerprint density at radius 2 is 1.85 bits per heavy atom. The lowest BCUT2D eigenvalue weighted by Gasteiger charge is -2.07. The first-order valence-corrected chi connectivity index (χ1v) is 6.17. The molecule has 20 heavy (non-hydrogen) atoms. The molecule has 1 amide bonds. The first-order chi connectivity index (χ1) is 9.47. The van der Waals surface area contributed by atoms with Crippen molar-refractivity contribution in [2.75, 3.05) is 5.32 Å². The summed E-state index contributed by atoms with van der Waals surface area (Å²) < 4.78 is 0. The van der Waals surface area contributed by atoms with E-state index >= 15 is 0 Å². The van der Waals surface area contributed by atoms with Crippen LogP contribution in [0.5, 0.6) is 0 Å². The van der Waals surface area contributed by atoms with Gasteiger partial charge in [-0.2, -0.15) is 0 Å². The smallest absolute Gasteiger partial charge is 0.269 e. The van der Waals surface area contributed by atoms with E-state index in [0.717, 1.165) is 5.56 Å². The molecule has 0 heterocycles.